The van der Waals surface area contributed by atoms with Gasteiger partial charge in [-0.3, -0.25) is 9.59 Å². The number of carbonyl (C=O) groups excluding carboxylic acids is 2. The Morgan fingerprint density at radius 1 is 0.792 bits per heavy atom. The van der Waals surface area contributed by atoms with Crippen LogP contribution in [0.5, 0.6) is 0 Å². The van der Waals surface area contributed by atoms with E-state index in [4.69, 9.17) is 9.68 Å². The van der Waals surface area contributed by atoms with Crippen LogP contribution in [0.1, 0.15) is 73.1 Å². The van der Waals surface area contributed by atoms with E-state index < -0.39 is 0 Å². The van der Waals surface area contributed by atoms with Gasteiger partial charge in [0.15, 0.2) is 0 Å². The van der Waals surface area contributed by atoms with Gasteiger partial charge >= 0.3 is 11.9 Å². The molecule has 6 heteroatoms. The number of carbonyl (C=O) groups is 2. The molecule has 0 spiro atoms. The summed E-state index contributed by atoms with van der Waals surface area (Å²) in [5.74, 6) is -0.394. The molecular weight excluding hydrogens is 308 g/mol. The van der Waals surface area contributed by atoms with Crippen molar-refractivity contribution in [1.29, 1.82) is 0 Å². The lowest BCUT2D eigenvalue weighted by Gasteiger charge is -2.19. The Balaban J connectivity index is 3.71. The first-order valence-corrected chi connectivity index (χ1v) is 9.40. The lowest BCUT2D eigenvalue weighted by atomic mass is 10.0. The first-order valence-electron chi connectivity index (χ1n) is 9.40. The Morgan fingerprint density at radius 2 is 1.29 bits per heavy atom. The Bertz CT molecular complexity index is 342. The molecule has 0 rings (SSSR count). The lowest BCUT2D eigenvalue weighted by molar-refractivity contribution is -0.193. The zero-order chi connectivity index (χ0) is 18.4. The highest BCUT2D eigenvalue weighted by molar-refractivity contribution is 5.71. The minimum Gasteiger partial charge on any atom is -0.368 e. The van der Waals surface area contributed by atoms with Crippen molar-refractivity contribution in [2.75, 3.05) is 26.2 Å². The molecule has 0 radical (unpaired) electrons. The van der Waals surface area contributed by atoms with Gasteiger partial charge in [0.05, 0.1) is 5.92 Å². The van der Waals surface area contributed by atoms with Gasteiger partial charge in [-0.15, -0.1) is 10.1 Å². The maximum atomic E-state index is 11.9. The molecular formula is C18H36N2O4. The van der Waals surface area contributed by atoms with Crippen LogP contribution in [0.4, 0.5) is 0 Å². The SMILES string of the molecule is CCN(CC)OC(=O)CCCCCCC(C)C(=O)ON(CC)CC. The first kappa shape index (κ1) is 22.9. The maximum absolute atomic E-state index is 11.9. The van der Waals surface area contributed by atoms with Crippen LogP contribution in [-0.2, 0) is 19.3 Å². The third-order valence-electron chi connectivity index (χ3n) is 4.03. The summed E-state index contributed by atoms with van der Waals surface area (Å²) in [6.45, 7) is 12.6. The lowest BCUT2D eigenvalue weighted by Crippen LogP contribution is -2.29. The smallest absolute Gasteiger partial charge is 0.327 e. The molecule has 0 aromatic heterocycles. The number of unbranched alkanes of at least 4 members (excludes halogenated alkanes) is 3. The van der Waals surface area contributed by atoms with Crippen molar-refractivity contribution in [3.05, 3.63) is 0 Å². The summed E-state index contributed by atoms with van der Waals surface area (Å²) in [5.41, 5.74) is 0. The molecule has 0 saturated heterocycles. The fourth-order valence-corrected chi connectivity index (χ4v) is 2.30. The minimum atomic E-state index is -0.158. The Labute approximate surface area is 147 Å². The van der Waals surface area contributed by atoms with Crippen molar-refractivity contribution in [2.45, 2.75) is 73.1 Å². The van der Waals surface area contributed by atoms with Gasteiger partial charge in [-0.1, -0.05) is 26.2 Å². The summed E-state index contributed by atoms with van der Waals surface area (Å²) in [7, 11) is 0. The van der Waals surface area contributed by atoms with Crippen LogP contribution in [0.2, 0.25) is 0 Å². The second-order valence-corrected chi connectivity index (χ2v) is 5.96. The fourth-order valence-electron chi connectivity index (χ4n) is 2.30. The molecule has 142 valence electrons. The molecule has 0 aromatic carbocycles. The third kappa shape index (κ3) is 10.6. The molecule has 0 aliphatic heterocycles. The monoisotopic (exact) mass is 344 g/mol. The van der Waals surface area contributed by atoms with Crippen LogP contribution in [0.3, 0.4) is 0 Å². The van der Waals surface area contributed by atoms with Gasteiger partial charge in [0.1, 0.15) is 0 Å². The van der Waals surface area contributed by atoms with Crippen LogP contribution in [0, 0.1) is 5.92 Å². The first-order chi connectivity index (χ1) is 11.5. The van der Waals surface area contributed by atoms with Crippen LogP contribution < -0.4 is 0 Å². The van der Waals surface area contributed by atoms with E-state index in [1.54, 1.807) is 10.1 Å². The van der Waals surface area contributed by atoms with Gasteiger partial charge in [-0.25, -0.2) is 0 Å². The highest BCUT2D eigenvalue weighted by Gasteiger charge is 2.17. The molecule has 6 nitrogen and oxygen atoms in total. The summed E-state index contributed by atoms with van der Waals surface area (Å²) in [4.78, 5) is 34.1. The van der Waals surface area contributed by atoms with Gasteiger partial charge in [-0.2, -0.15) is 0 Å². The van der Waals surface area contributed by atoms with Crippen molar-refractivity contribution in [3.63, 3.8) is 0 Å². The standard InChI is InChI=1S/C18H36N2O4/c1-6-19(7-2)23-17(21)15-13-11-10-12-14-16(5)18(22)24-20(8-3)9-4/h16H,6-15H2,1-5H3. The quantitative estimate of drug-likeness (QED) is 0.355. The van der Waals surface area contributed by atoms with Crippen molar-refractivity contribution >= 4 is 11.9 Å². The second kappa shape index (κ2) is 14.2. The average molecular weight is 344 g/mol. The van der Waals surface area contributed by atoms with Crippen molar-refractivity contribution in [1.82, 2.24) is 10.1 Å². The highest BCUT2D eigenvalue weighted by atomic mass is 16.7. The second-order valence-electron chi connectivity index (χ2n) is 5.96. The fraction of sp³-hybridized carbons (Fsp3) is 0.889. The van der Waals surface area contributed by atoms with E-state index in [-0.39, 0.29) is 17.9 Å². The van der Waals surface area contributed by atoms with Crippen LogP contribution >= 0.6 is 0 Å². The zero-order valence-electron chi connectivity index (χ0n) is 16.2. The van der Waals surface area contributed by atoms with E-state index in [0.29, 0.717) is 32.6 Å². The van der Waals surface area contributed by atoms with Crippen LogP contribution in [-0.4, -0.2) is 48.2 Å². The minimum absolute atomic E-state index is 0.0850. The third-order valence-corrected chi connectivity index (χ3v) is 4.03. The molecule has 0 aromatic rings. The summed E-state index contributed by atoms with van der Waals surface area (Å²) < 4.78 is 0. The molecule has 0 bridgehead atoms. The molecule has 24 heavy (non-hydrogen) atoms. The van der Waals surface area contributed by atoms with Gasteiger partial charge < -0.3 is 9.68 Å². The largest absolute Gasteiger partial charge is 0.368 e. The van der Waals surface area contributed by atoms with E-state index in [0.717, 1.165) is 32.1 Å². The van der Waals surface area contributed by atoms with E-state index in [2.05, 4.69) is 0 Å². The van der Waals surface area contributed by atoms with E-state index >= 15 is 0 Å². The van der Waals surface area contributed by atoms with Crippen LogP contribution in [0.15, 0.2) is 0 Å². The molecule has 1 atom stereocenters. The maximum Gasteiger partial charge on any atom is 0.327 e. The van der Waals surface area contributed by atoms with Crippen molar-refractivity contribution in [3.8, 4) is 0 Å². The molecule has 0 N–H and O–H groups in total. The van der Waals surface area contributed by atoms with Crippen molar-refractivity contribution < 1.29 is 19.3 Å². The highest BCUT2D eigenvalue weighted by Crippen LogP contribution is 2.14. The number of rotatable bonds is 14. The topological polar surface area (TPSA) is 59.1 Å². The number of hydrogen-bond acceptors (Lipinski definition) is 6. The van der Waals surface area contributed by atoms with Gasteiger partial charge in [0, 0.05) is 32.6 Å². The molecule has 0 aliphatic carbocycles. The average Bonchev–Trinajstić information content (AvgIpc) is 2.59. The van der Waals surface area contributed by atoms with E-state index in [1.807, 2.05) is 34.6 Å². The summed E-state index contributed by atoms with van der Waals surface area (Å²) in [6.07, 6.45) is 5.07. The number of hydroxylamine groups is 4. The molecule has 1 unspecified atom stereocenters. The molecule has 0 aliphatic rings. The van der Waals surface area contributed by atoms with E-state index in [1.165, 1.54) is 0 Å². The van der Waals surface area contributed by atoms with Crippen molar-refractivity contribution in [2.24, 2.45) is 5.92 Å². The zero-order valence-corrected chi connectivity index (χ0v) is 16.2. The van der Waals surface area contributed by atoms with Crippen LogP contribution in [0.25, 0.3) is 0 Å². The molecule has 0 saturated carbocycles. The Hall–Kier alpha value is -1.14. The van der Waals surface area contributed by atoms with Gasteiger partial charge in [0.25, 0.3) is 0 Å². The molecule has 0 amide bonds. The Morgan fingerprint density at radius 3 is 1.83 bits per heavy atom. The normalized spacial score (nSPS) is 12.5. The summed E-state index contributed by atoms with van der Waals surface area (Å²) in [5, 5.41) is 3.33. The number of nitrogens with zero attached hydrogens (tertiary/aromatic N) is 2. The number of hydrogen-bond donors (Lipinski definition) is 0. The Kier molecular flexibility index (Phi) is 13.5. The predicted octanol–water partition coefficient (Wildman–Crippen LogP) is 3.56. The summed E-state index contributed by atoms with van der Waals surface area (Å²) >= 11 is 0. The predicted molar refractivity (Wildman–Crippen MR) is 94.9 cm³/mol. The molecule has 0 fully saturated rings. The van der Waals surface area contributed by atoms with E-state index in [9.17, 15) is 9.59 Å². The summed E-state index contributed by atoms with van der Waals surface area (Å²) in [6, 6.07) is 0. The molecule has 0 heterocycles. The van der Waals surface area contributed by atoms with Gasteiger partial charge in [-0.05, 0) is 40.5 Å². The van der Waals surface area contributed by atoms with Gasteiger partial charge in [0.2, 0.25) is 0 Å².